The number of amides is 1. The molecule has 0 atom stereocenters. The van der Waals surface area contributed by atoms with Crippen molar-refractivity contribution in [3.63, 3.8) is 0 Å². The first-order valence-electron chi connectivity index (χ1n) is 7.52. The minimum atomic E-state index is -0.719. The van der Waals surface area contributed by atoms with E-state index in [0.717, 1.165) is 0 Å². The number of nitrogens with one attached hydrogen (secondary N) is 1. The molecule has 130 valence electrons. The van der Waals surface area contributed by atoms with Crippen molar-refractivity contribution in [2.45, 2.75) is 6.92 Å². The van der Waals surface area contributed by atoms with Gasteiger partial charge in [-0.3, -0.25) is 4.79 Å². The fraction of sp³-hybridized carbons (Fsp3) is 0.167. The molecule has 0 aliphatic carbocycles. The summed E-state index contributed by atoms with van der Waals surface area (Å²) < 4.78 is 9.74. The predicted octanol–water partition coefficient (Wildman–Crippen LogP) is 2.36. The molecule has 0 unspecified atom stereocenters. The van der Waals surface area contributed by atoms with Crippen molar-refractivity contribution >= 4 is 23.5 Å². The molecule has 0 aliphatic rings. The first-order valence-corrected chi connectivity index (χ1v) is 7.52. The molecule has 0 radical (unpaired) electrons. The molecule has 2 aromatic rings. The average Bonchev–Trinajstić information content (AvgIpc) is 2.60. The Morgan fingerprint density at radius 1 is 0.960 bits per heavy atom. The van der Waals surface area contributed by atoms with Crippen LogP contribution in [0.3, 0.4) is 0 Å². The SMILES string of the molecule is CCOC(=O)c1ccc(NC(=O)COC(=O)c2cccc(O)c2)cc1. The lowest BCUT2D eigenvalue weighted by molar-refractivity contribution is -0.119. The van der Waals surface area contributed by atoms with Crippen LogP contribution in [0.5, 0.6) is 5.75 Å². The second-order valence-corrected chi connectivity index (χ2v) is 4.97. The Hall–Kier alpha value is -3.35. The Morgan fingerprint density at radius 3 is 2.28 bits per heavy atom. The maximum Gasteiger partial charge on any atom is 0.338 e. The van der Waals surface area contributed by atoms with Crippen molar-refractivity contribution in [2.24, 2.45) is 0 Å². The number of ether oxygens (including phenoxy) is 2. The van der Waals surface area contributed by atoms with Crippen molar-refractivity contribution in [1.82, 2.24) is 0 Å². The quantitative estimate of drug-likeness (QED) is 0.781. The summed E-state index contributed by atoms with van der Waals surface area (Å²) in [5.74, 6) is -1.76. The lowest BCUT2D eigenvalue weighted by Gasteiger charge is -2.07. The Labute approximate surface area is 144 Å². The summed E-state index contributed by atoms with van der Waals surface area (Å²) in [6.07, 6.45) is 0. The molecule has 7 heteroatoms. The summed E-state index contributed by atoms with van der Waals surface area (Å²) in [6.45, 7) is 1.51. The summed E-state index contributed by atoms with van der Waals surface area (Å²) in [6, 6.07) is 11.8. The smallest absolute Gasteiger partial charge is 0.338 e. The topological polar surface area (TPSA) is 102 Å². The summed E-state index contributed by atoms with van der Waals surface area (Å²) >= 11 is 0. The first-order chi connectivity index (χ1) is 12.0. The van der Waals surface area contributed by atoms with Gasteiger partial charge in [-0.25, -0.2) is 9.59 Å². The van der Waals surface area contributed by atoms with Crippen LogP contribution in [-0.4, -0.2) is 36.2 Å². The number of rotatable bonds is 6. The molecule has 0 heterocycles. The highest BCUT2D eigenvalue weighted by Gasteiger charge is 2.11. The molecule has 0 spiro atoms. The summed E-state index contributed by atoms with van der Waals surface area (Å²) in [5.41, 5.74) is 0.966. The number of aromatic hydroxyl groups is 1. The van der Waals surface area contributed by atoms with Crippen molar-refractivity contribution < 1.29 is 29.0 Å². The van der Waals surface area contributed by atoms with E-state index >= 15 is 0 Å². The molecule has 0 bridgehead atoms. The fourth-order valence-electron chi connectivity index (χ4n) is 1.95. The monoisotopic (exact) mass is 343 g/mol. The zero-order valence-electron chi connectivity index (χ0n) is 13.5. The largest absolute Gasteiger partial charge is 0.508 e. The molecule has 0 aromatic heterocycles. The fourth-order valence-corrected chi connectivity index (χ4v) is 1.95. The van der Waals surface area contributed by atoms with E-state index in [0.29, 0.717) is 11.3 Å². The number of hydrogen-bond acceptors (Lipinski definition) is 6. The van der Waals surface area contributed by atoms with Gasteiger partial charge in [0.2, 0.25) is 0 Å². The van der Waals surface area contributed by atoms with Gasteiger partial charge in [0.25, 0.3) is 5.91 Å². The van der Waals surface area contributed by atoms with Crippen LogP contribution in [0.4, 0.5) is 5.69 Å². The Balaban J connectivity index is 1.86. The number of anilines is 1. The number of benzene rings is 2. The van der Waals surface area contributed by atoms with Crippen LogP contribution in [0.25, 0.3) is 0 Å². The van der Waals surface area contributed by atoms with E-state index in [4.69, 9.17) is 9.47 Å². The van der Waals surface area contributed by atoms with Gasteiger partial charge in [-0.15, -0.1) is 0 Å². The highest BCUT2D eigenvalue weighted by atomic mass is 16.5. The van der Waals surface area contributed by atoms with E-state index in [1.807, 2.05) is 0 Å². The number of phenolic OH excluding ortho intramolecular Hbond substituents is 1. The Bertz CT molecular complexity index is 769. The zero-order chi connectivity index (χ0) is 18.2. The van der Waals surface area contributed by atoms with E-state index < -0.39 is 24.5 Å². The molecule has 1 amide bonds. The maximum absolute atomic E-state index is 11.8. The van der Waals surface area contributed by atoms with Crippen LogP contribution in [-0.2, 0) is 14.3 Å². The van der Waals surface area contributed by atoms with Gasteiger partial charge in [0.1, 0.15) is 5.75 Å². The van der Waals surface area contributed by atoms with E-state index in [1.165, 1.54) is 36.4 Å². The minimum absolute atomic E-state index is 0.0689. The van der Waals surface area contributed by atoms with Crippen molar-refractivity contribution in [2.75, 3.05) is 18.5 Å². The molecule has 0 saturated carbocycles. The summed E-state index contributed by atoms with van der Waals surface area (Å²) in [4.78, 5) is 35.1. The third-order valence-corrected chi connectivity index (χ3v) is 3.10. The van der Waals surface area contributed by atoms with Gasteiger partial charge in [-0.2, -0.15) is 0 Å². The van der Waals surface area contributed by atoms with Gasteiger partial charge in [0.15, 0.2) is 6.61 Å². The molecule has 2 rings (SSSR count). The summed E-state index contributed by atoms with van der Waals surface area (Å²) in [5, 5.41) is 11.8. The molecule has 0 fully saturated rings. The van der Waals surface area contributed by atoms with Crippen molar-refractivity contribution in [3.05, 3.63) is 59.7 Å². The standard InChI is InChI=1S/C18H17NO6/c1-2-24-17(22)12-6-8-14(9-7-12)19-16(21)11-25-18(23)13-4-3-5-15(20)10-13/h3-10,20H,2,11H2,1H3,(H,19,21). The van der Waals surface area contributed by atoms with Crippen LogP contribution in [0.1, 0.15) is 27.6 Å². The van der Waals surface area contributed by atoms with Crippen LogP contribution in [0.2, 0.25) is 0 Å². The van der Waals surface area contributed by atoms with E-state index in [1.54, 1.807) is 19.1 Å². The molecule has 0 saturated heterocycles. The lowest BCUT2D eigenvalue weighted by Crippen LogP contribution is -2.21. The van der Waals surface area contributed by atoms with E-state index in [-0.39, 0.29) is 17.9 Å². The van der Waals surface area contributed by atoms with Gasteiger partial charge in [0, 0.05) is 5.69 Å². The Kier molecular flexibility index (Phi) is 6.11. The molecule has 2 aromatic carbocycles. The van der Waals surface area contributed by atoms with Crippen LogP contribution in [0.15, 0.2) is 48.5 Å². The normalized spacial score (nSPS) is 9.96. The van der Waals surface area contributed by atoms with Crippen LogP contribution in [0, 0.1) is 0 Å². The molecular formula is C18H17NO6. The van der Waals surface area contributed by atoms with Gasteiger partial charge in [-0.1, -0.05) is 6.07 Å². The number of phenols is 1. The van der Waals surface area contributed by atoms with Crippen LogP contribution < -0.4 is 5.32 Å². The number of carbonyl (C=O) groups excluding carboxylic acids is 3. The van der Waals surface area contributed by atoms with Gasteiger partial charge in [-0.05, 0) is 49.4 Å². The number of hydrogen-bond donors (Lipinski definition) is 2. The molecule has 7 nitrogen and oxygen atoms in total. The lowest BCUT2D eigenvalue weighted by atomic mass is 10.2. The number of carbonyl (C=O) groups is 3. The van der Waals surface area contributed by atoms with Gasteiger partial charge in [0.05, 0.1) is 17.7 Å². The Morgan fingerprint density at radius 2 is 1.64 bits per heavy atom. The van der Waals surface area contributed by atoms with Crippen molar-refractivity contribution in [1.29, 1.82) is 0 Å². The summed E-state index contributed by atoms with van der Waals surface area (Å²) in [7, 11) is 0. The zero-order valence-corrected chi connectivity index (χ0v) is 13.5. The third kappa shape index (κ3) is 5.35. The number of esters is 2. The molecule has 0 aliphatic heterocycles. The first kappa shape index (κ1) is 18.0. The molecular weight excluding hydrogens is 326 g/mol. The van der Waals surface area contributed by atoms with Gasteiger partial charge >= 0.3 is 11.9 Å². The van der Waals surface area contributed by atoms with Gasteiger partial charge < -0.3 is 19.9 Å². The van der Waals surface area contributed by atoms with Crippen LogP contribution >= 0.6 is 0 Å². The minimum Gasteiger partial charge on any atom is -0.508 e. The third-order valence-electron chi connectivity index (χ3n) is 3.10. The van der Waals surface area contributed by atoms with E-state index in [9.17, 15) is 19.5 Å². The van der Waals surface area contributed by atoms with Crippen molar-refractivity contribution in [3.8, 4) is 5.75 Å². The highest BCUT2D eigenvalue weighted by Crippen LogP contribution is 2.13. The highest BCUT2D eigenvalue weighted by molar-refractivity contribution is 5.96. The second-order valence-electron chi connectivity index (χ2n) is 4.97. The maximum atomic E-state index is 11.8. The average molecular weight is 343 g/mol. The predicted molar refractivity (Wildman–Crippen MR) is 89.4 cm³/mol. The second kappa shape index (κ2) is 8.49. The van der Waals surface area contributed by atoms with E-state index in [2.05, 4.69) is 5.32 Å². The molecule has 2 N–H and O–H groups in total. The molecule has 25 heavy (non-hydrogen) atoms.